The molecule has 3 aromatic heterocycles. The van der Waals surface area contributed by atoms with E-state index in [9.17, 15) is 9.59 Å². The highest BCUT2D eigenvalue weighted by Gasteiger charge is 2.41. The topological polar surface area (TPSA) is 108 Å². The largest absolute Gasteiger partial charge is 0.348 e. The third-order valence-corrected chi connectivity index (χ3v) is 8.30. The third-order valence-electron chi connectivity index (χ3n) is 7.21. The van der Waals surface area contributed by atoms with Crippen molar-refractivity contribution in [2.45, 2.75) is 52.4 Å². The van der Waals surface area contributed by atoms with Gasteiger partial charge in [-0.3, -0.25) is 14.8 Å². The maximum Gasteiger partial charge on any atom is 0.320 e. The molecule has 0 bridgehead atoms. The van der Waals surface area contributed by atoms with E-state index in [2.05, 4.69) is 32.5 Å². The third kappa shape index (κ3) is 3.83. The Morgan fingerprint density at radius 3 is 2.83 bits per heavy atom. The van der Waals surface area contributed by atoms with Crippen molar-refractivity contribution in [2.24, 2.45) is 5.92 Å². The number of rotatable bonds is 5. The summed E-state index contributed by atoms with van der Waals surface area (Å²) >= 11 is 1.39. The molecule has 3 aliphatic rings. The number of carbonyl (C=O) groups is 2. The monoisotopic (exact) mass is 492 g/mol. The zero-order valence-electron chi connectivity index (χ0n) is 20.0. The number of thiazole rings is 1. The lowest BCUT2D eigenvalue weighted by atomic mass is 10.1. The molecule has 1 atom stereocenters. The van der Waals surface area contributed by atoms with Gasteiger partial charge in [-0.15, -0.1) is 0 Å². The van der Waals surface area contributed by atoms with E-state index in [4.69, 9.17) is 4.98 Å². The number of pyridine rings is 1. The summed E-state index contributed by atoms with van der Waals surface area (Å²) in [6, 6.07) is 3.97. The minimum Gasteiger partial charge on any atom is -0.348 e. The lowest BCUT2D eigenvalue weighted by molar-refractivity contribution is 0.0697. The van der Waals surface area contributed by atoms with E-state index in [1.165, 1.54) is 24.2 Å². The molecule has 3 aromatic rings. The van der Waals surface area contributed by atoms with Crippen LogP contribution in [0, 0.1) is 12.8 Å². The number of aromatic nitrogens is 4. The molecule has 10 nitrogen and oxygen atoms in total. The Balaban J connectivity index is 1.42. The van der Waals surface area contributed by atoms with Crippen molar-refractivity contribution < 1.29 is 9.59 Å². The molecule has 35 heavy (non-hydrogen) atoms. The molecule has 0 unspecified atom stereocenters. The summed E-state index contributed by atoms with van der Waals surface area (Å²) in [5.41, 5.74) is 4.42. The van der Waals surface area contributed by atoms with Crippen LogP contribution in [0.25, 0.3) is 10.6 Å². The second-order valence-electron chi connectivity index (χ2n) is 9.48. The first kappa shape index (κ1) is 22.0. The lowest BCUT2D eigenvalue weighted by Crippen LogP contribution is -2.37. The van der Waals surface area contributed by atoms with Crippen molar-refractivity contribution in [1.82, 2.24) is 30.0 Å². The summed E-state index contributed by atoms with van der Waals surface area (Å²) in [5.74, 6) is 1.40. The summed E-state index contributed by atoms with van der Waals surface area (Å²) < 4.78 is 2.01. The van der Waals surface area contributed by atoms with E-state index >= 15 is 0 Å². The molecule has 0 saturated heterocycles. The molecule has 2 N–H and O–H groups in total. The highest BCUT2D eigenvalue weighted by atomic mass is 32.1. The van der Waals surface area contributed by atoms with Crippen LogP contribution < -0.4 is 15.5 Å². The predicted molar refractivity (Wildman–Crippen MR) is 133 cm³/mol. The standard InChI is InChI=1S/C24H28N8O2S/c1-13-20(35-24(27-13)29-23(34)25-3)18-10-16-11-31(14(2)15-4-5-15)22(33)19(16)21(28-18)30-8-9-32-17(12-30)6-7-26-32/h6-7,10,14-15H,4-5,8-9,11-12H2,1-3H3,(H2,25,27,29,34)/t14-/m0/s1. The second kappa shape index (κ2) is 8.33. The minimum absolute atomic E-state index is 0.0792. The number of urea groups is 1. The highest BCUT2D eigenvalue weighted by Crippen LogP contribution is 2.42. The van der Waals surface area contributed by atoms with Gasteiger partial charge in [0.15, 0.2) is 5.13 Å². The van der Waals surface area contributed by atoms with E-state index in [0.717, 1.165) is 52.0 Å². The molecule has 1 aliphatic carbocycles. The van der Waals surface area contributed by atoms with Crippen LogP contribution in [0.15, 0.2) is 18.3 Å². The van der Waals surface area contributed by atoms with Gasteiger partial charge in [0.05, 0.1) is 40.6 Å². The summed E-state index contributed by atoms with van der Waals surface area (Å²) in [7, 11) is 1.57. The number of hydrogen-bond donors (Lipinski definition) is 2. The van der Waals surface area contributed by atoms with E-state index in [-0.39, 0.29) is 18.0 Å². The van der Waals surface area contributed by atoms with Crippen LogP contribution in [0.2, 0.25) is 0 Å². The van der Waals surface area contributed by atoms with Crippen LogP contribution in [0.5, 0.6) is 0 Å². The molecule has 182 valence electrons. The fourth-order valence-corrected chi connectivity index (χ4v) is 5.98. The molecule has 3 amide bonds. The molecule has 1 fully saturated rings. The van der Waals surface area contributed by atoms with Crippen molar-refractivity contribution >= 4 is 34.2 Å². The van der Waals surface area contributed by atoms with Gasteiger partial charge in [-0.25, -0.2) is 14.8 Å². The number of amides is 3. The molecular formula is C24H28N8O2S. The Labute approximate surface area is 207 Å². The number of anilines is 2. The summed E-state index contributed by atoms with van der Waals surface area (Å²) in [6.45, 7) is 6.81. The van der Waals surface area contributed by atoms with E-state index < -0.39 is 0 Å². The number of nitrogens with zero attached hydrogens (tertiary/aromatic N) is 6. The Hall–Kier alpha value is -3.47. The van der Waals surface area contributed by atoms with Gasteiger partial charge >= 0.3 is 6.03 Å². The zero-order chi connectivity index (χ0) is 24.3. The molecule has 0 spiro atoms. The maximum atomic E-state index is 13.7. The Morgan fingerprint density at radius 1 is 1.23 bits per heavy atom. The van der Waals surface area contributed by atoms with Crippen LogP contribution >= 0.6 is 11.3 Å². The number of fused-ring (bicyclic) bond motifs is 2. The number of nitrogens with one attached hydrogen (secondary N) is 2. The maximum absolute atomic E-state index is 13.7. The van der Waals surface area contributed by atoms with E-state index in [1.54, 1.807) is 7.05 Å². The van der Waals surface area contributed by atoms with Gasteiger partial charge in [0.2, 0.25) is 0 Å². The van der Waals surface area contributed by atoms with Gasteiger partial charge < -0.3 is 15.1 Å². The first-order valence-electron chi connectivity index (χ1n) is 12.0. The summed E-state index contributed by atoms with van der Waals surface area (Å²) in [6.07, 6.45) is 4.20. The molecule has 6 rings (SSSR count). The van der Waals surface area contributed by atoms with Gasteiger partial charge in [-0.1, -0.05) is 11.3 Å². The smallest absolute Gasteiger partial charge is 0.320 e. The molecule has 2 aliphatic heterocycles. The second-order valence-corrected chi connectivity index (χ2v) is 10.5. The highest BCUT2D eigenvalue weighted by molar-refractivity contribution is 7.19. The average molecular weight is 493 g/mol. The Bertz CT molecular complexity index is 1330. The fraction of sp³-hybridized carbons (Fsp3) is 0.458. The average Bonchev–Trinajstić information content (AvgIpc) is 3.35. The number of aryl methyl sites for hydroxylation is 1. The molecule has 11 heteroatoms. The fourth-order valence-electron chi connectivity index (χ4n) is 5.06. The molecular weight excluding hydrogens is 464 g/mol. The van der Waals surface area contributed by atoms with E-state index in [1.807, 2.05) is 34.8 Å². The molecule has 5 heterocycles. The zero-order valence-corrected chi connectivity index (χ0v) is 20.9. The van der Waals surface area contributed by atoms with Gasteiger partial charge in [-0.05, 0) is 50.3 Å². The number of hydrogen-bond acceptors (Lipinski definition) is 7. The van der Waals surface area contributed by atoms with Crippen molar-refractivity contribution in [3.05, 3.63) is 40.8 Å². The summed E-state index contributed by atoms with van der Waals surface area (Å²) in [5, 5.41) is 10.2. The Morgan fingerprint density at radius 2 is 2.06 bits per heavy atom. The normalized spacial score (nSPS) is 17.9. The van der Waals surface area contributed by atoms with Crippen molar-refractivity contribution in [1.29, 1.82) is 0 Å². The van der Waals surface area contributed by atoms with Crippen LogP contribution in [-0.4, -0.2) is 56.2 Å². The van der Waals surface area contributed by atoms with Gasteiger partial charge in [0.25, 0.3) is 5.91 Å². The molecule has 1 saturated carbocycles. The Kier molecular flexibility index (Phi) is 5.24. The van der Waals surface area contributed by atoms with Gasteiger partial charge in [0.1, 0.15) is 5.82 Å². The number of carbonyl (C=O) groups excluding carboxylic acids is 2. The minimum atomic E-state index is -0.312. The quantitative estimate of drug-likeness (QED) is 0.566. The first-order valence-corrected chi connectivity index (χ1v) is 12.8. The predicted octanol–water partition coefficient (Wildman–Crippen LogP) is 3.24. The van der Waals surface area contributed by atoms with Crippen molar-refractivity contribution in [3.63, 3.8) is 0 Å². The van der Waals surface area contributed by atoms with Crippen molar-refractivity contribution in [2.75, 3.05) is 23.8 Å². The first-order chi connectivity index (χ1) is 16.9. The summed E-state index contributed by atoms with van der Waals surface area (Å²) in [4.78, 5) is 40.2. The SMILES string of the molecule is CNC(=O)Nc1nc(C)c(-c2cc3c(c(N4CCn5nccc5C4)n2)C(=O)N([C@@H](C)C2CC2)C3)s1. The van der Waals surface area contributed by atoms with Crippen LogP contribution in [0.4, 0.5) is 15.7 Å². The van der Waals surface area contributed by atoms with Gasteiger partial charge in [0, 0.05) is 32.4 Å². The van der Waals surface area contributed by atoms with Crippen molar-refractivity contribution in [3.8, 4) is 10.6 Å². The van der Waals surface area contributed by atoms with Crippen LogP contribution in [-0.2, 0) is 19.6 Å². The lowest BCUT2D eigenvalue weighted by Gasteiger charge is -2.30. The van der Waals surface area contributed by atoms with Gasteiger partial charge in [-0.2, -0.15) is 5.10 Å². The van der Waals surface area contributed by atoms with E-state index in [0.29, 0.717) is 24.1 Å². The molecule has 0 radical (unpaired) electrons. The molecule has 0 aromatic carbocycles. The van der Waals surface area contributed by atoms with Crippen LogP contribution in [0.1, 0.15) is 47.1 Å². The van der Waals surface area contributed by atoms with Crippen LogP contribution in [0.3, 0.4) is 0 Å².